The van der Waals surface area contributed by atoms with E-state index in [1.165, 1.54) is 18.4 Å². The van der Waals surface area contributed by atoms with E-state index >= 15 is 0 Å². The van der Waals surface area contributed by atoms with Crippen LogP contribution in [0.5, 0.6) is 0 Å². The Balaban J connectivity index is 1.54. The number of aromatic nitrogens is 3. The SMILES string of the molecule is O=C(c1ccco1)N(Cc1cccnc1)Cc1nccn1Cc1ccc(C(F)(F)F)cc1. The lowest BCUT2D eigenvalue weighted by Crippen LogP contribution is -2.31. The smallest absolute Gasteiger partial charge is 0.416 e. The van der Waals surface area contributed by atoms with E-state index in [0.29, 0.717) is 24.5 Å². The Hall–Kier alpha value is -3.88. The summed E-state index contributed by atoms with van der Waals surface area (Å²) in [4.78, 5) is 23.0. The van der Waals surface area contributed by atoms with E-state index in [-0.39, 0.29) is 18.2 Å². The summed E-state index contributed by atoms with van der Waals surface area (Å²) in [5.41, 5.74) is 0.834. The van der Waals surface area contributed by atoms with Gasteiger partial charge in [0.25, 0.3) is 5.91 Å². The second-order valence-corrected chi connectivity index (χ2v) is 7.17. The highest BCUT2D eigenvalue weighted by Gasteiger charge is 2.30. The van der Waals surface area contributed by atoms with Crippen LogP contribution >= 0.6 is 0 Å². The molecule has 0 spiro atoms. The first kappa shape index (κ1) is 21.4. The minimum atomic E-state index is -4.38. The monoisotopic (exact) mass is 440 g/mol. The summed E-state index contributed by atoms with van der Waals surface area (Å²) in [7, 11) is 0. The molecule has 0 atom stereocenters. The van der Waals surface area contributed by atoms with Crippen molar-refractivity contribution in [3.05, 3.63) is 108 Å². The highest BCUT2D eigenvalue weighted by atomic mass is 19.4. The number of halogens is 3. The lowest BCUT2D eigenvalue weighted by atomic mass is 10.1. The van der Waals surface area contributed by atoms with Crippen LogP contribution < -0.4 is 0 Å². The normalized spacial score (nSPS) is 11.5. The van der Waals surface area contributed by atoms with Gasteiger partial charge in [-0.05, 0) is 41.5 Å². The number of hydrogen-bond donors (Lipinski definition) is 0. The fourth-order valence-corrected chi connectivity index (χ4v) is 3.27. The highest BCUT2D eigenvalue weighted by Crippen LogP contribution is 2.29. The molecule has 4 rings (SSSR count). The van der Waals surface area contributed by atoms with Gasteiger partial charge in [0.15, 0.2) is 5.76 Å². The number of rotatable bonds is 7. The van der Waals surface area contributed by atoms with E-state index in [2.05, 4.69) is 9.97 Å². The van der Waals surface area contributed by atoms with Crippen LogP contribution in [0.4, 0.5) is 13.2 Å². The predicted molar refractivity (Wildman–Crippen MR) is 109 cm³/mol. The number of carbonyl (C=O) groups is 1. The Bertz CT molecular complexity index is 1150. The maximum absolute atomic E-state index is 13.0. The molecule has 9 heteroatoms. The van der Waals surface area contributed by atoms with Crippen LogP contribution in [0.2, 0.25) is 0 Å². The molecule has 3 aromatic heterocycles. The van der Waals surface area contributed by atoms with Crippen molar-refractivity contribution in [3.8, 4) is 0 Å². The Morgan fingerprint density at radius 3 is 2.47 bits per heavy atom. The zero-order valence-corrected chi connectivity index (χ0v) is 16.9. The summed E-state index contributed by atoms with van der Waals surface area (Å²) in [6.45, 7) is 0.797. The van der Waals surface area contributed by atoms with Crippen LogP contribution in [-0.2, 0) is 25.8 Å². The van der Waals surface area contributed by atoms with E-state index in [9.17, 15) is 18.0 Å². The summed E-state index contributed by atoms with van der Waals surface area (Å²) in [6, 6.07) is 11.9. The maximum Gasteiger partial charge on any atom is 0.416 e. The average Bonchev–Trinajstić information content (AvgIpc) is 3.46. The number of hydrogen-bond acceptors (Lipinski definition) is 4. The van der Waals surface area contributed by atoms with E-state index in [1.807, 2.05) is 6.07 Å². The molecule has 1 amide bonds. The largest absolute Gasteiger partial charge is 0.459 e. The first-order valence-corrected chi connectivity index (χ1v) is 9.78. The predicted octanol–water partition coefficient (Wildman–Crippen LogP) is 4.78. The van der Waals surface area contributed by atoms with Gasteiger partial charge in [0.2, 0.25) is 0 Å². The lowest BCUT2D eigenvalue weighted by Gasteiger charge is -2.22. The molecule has 0 saturated carbocycles. The van der Waals surface area contributed by atoms with Crippen molar-refractivity contribution in [1.82, 2.24) is 19.4 Å². The molecule has 0 unspecified atom stereocenters. The van der Waals surface area contributed by atoms with Crippen LogP contribution in [0.3, 0.4) is 0 Å². The Morgan fingerprint density at radius 2 is 1.81 bits per heavy atom. The van der Waals surface area contributed by atoms with Gasteiger partial charge in [0.05, 0.1) is 18.4 Å². The van der Waals surface area contributed by atoms with Crippen molar-refractivity contribution in [2.24, 2.45) is 0 Å². The zero-order chi connectivity index (χ0) is 22.6. The fraction of sp³-hybridized carbons (Fsp3) is 0.174. The van der Waals surface area contributed by atoms with E-state index in [0.717, 1.165) is 17.7 Å². The molecule has 3 heterocycles. The van der Waals surface area contributed by atoms with E-state index in [1.54, 1.807) is 52.5 Å². The van der Waals surface area contributed by atoms with Gasteiger partial charge in [-0.25, -0.2) is 4.98 Å². The van der Waals surface area contributed by atoms with Crippen molar-refractivity contribution < 1.29 is 22.4 Å². The van der Waals surface area contributed by atoms with Gasteiger partial charge < -0.3 is 13.9 Å². The topological polar surface area (TPSA) is 64.2 Å². The molecule has 0 N–H and O–H groups in total. The molecule has 0 bridgehead atoms. The number of furan rings is 1. The summed E-state index contributed by atoms with van der Waals surface area (Å²) >= 11 is 0. The molecule has 6 nitrogen and oxygen atoms in total. The minimum Gasteiger partial charge on any atom is -0.459 e. The first-order valence-electron chi connectivity index (χ1n) is 9.78. The van der Waals surface area contributed by atoms with Gasteiger partial charge in [0, 0.05) is 37.9 Å². The molecule has 164 valence electrons. The van der Waals surface area contributed by atoms with Gasteiger partial charge in [-0.1, -0.05) is 18.2 Å². The number of imidazole rings is 1. The van der Waals surface area contributed by atoms with Crippen molar-refractivity contribution >= 4 is 5.91 Å². The van der Waals surface area contributed by atoms with Crippen molar-refractivity contribution in [2.75, 3.05) is 0 Å². The average molecular weight is 440 g/mol. The molecule has 1 aromatic carbocycles. The zero-order valence-electron chi connectivity index (χ0n) is 16.9. The van der Waals surface area contributed by atoms with Crippen LogP contribution in [0.1, 0.15) is 33.1 Å². The Morgan fingerprint density at radius 1 is 1.00 bits per heavy atom. The number of nitrogens with zero attached hydrogens (tertiary/aromatic N) is 4. The van der Waals surface area contributed by atoms with Gasteiger partial charge in [-0.2, -0.15) is 13.2 Å². The number of alkyl halides is 3. The Labute approximate surface area is 181 Å². The molecule has 0 aliphatic rings. The second kappa shape index (κ2) is 9.09. The number of amides is 1. The number of benzene rings is 1. The van der Waals surface area contributed by atoms with E-state index < -0.39 is 11.7 Å². The third-order valence-electron chi connectivity index (χ3n) is 4.88. The molecule has 0 aliphatic carbocycles. The van der Waals surface area contributed by atoms with Crippen LogP contribution in [-0.4, -0.2) is 25.3 Å². The number of carbonyl (C=O) groups excluding carboxylic acids is 1. The molecule has 0 radical (unpaired) electrons. The van der Waals surface area contributed by atoms with Gasteiger partial charge >= 0.3 is 6.18 Å². The summed E-state index contributed by atoms with van der Waals surface area (Å²) in [5.74, 6) is 0.492. The molecule has 0 saturated heterocycles. The summed E-state index contributed by atoms with van der Waals surface area (Å²) in [6.07, 6.45) is 3.71. The maximum atomic E-state index is 13.0. The Kier molecular flexibility index (Phi) is 6.07. The van der Waals surface area contributed by atoms with Gasteiger partial charge in [-0.15, -0.1) is 0 Å². The highest BCUT2D eigenvalue weighted by molar-refractivity contribution is 5.91. The standard InChI is InChI=1S/C23H19F3N4O2/c24-23(25,26)19-7-5-17(6-8-19)14-29-11-10-28-21(29)16-30(15-18-3-1-9-27-13-18)22(31)20-4-2-12-32-20/h1-13H,14-16H2. The van der Waals surface area contributed by atoms with Crippen molar-refractivity contribution in [3.63, 3.8) is 0 Å². The van der Waals surface area contributed by atoms with Crippen molar-refractivity contribution in [2.45, 2.75) is 25.8 Å². The van der Waals surface area contributed by atoms with Crippen LogP contribution in [0.15, 0.2) is 84.0 Å². The van der Waals surface area contributed by atoms with Crippen molar-refractivity contribution in [1.29, 1.82) is 0 Å². The second-order valence-electron chi connectivity index (χ2n) is 7.17. The molecule has 32 heavy (non-hydrogen) atoms. The molecular weight excluding hydrogens is 421 g/mol. The molecule has 0 fully saturated rings. The third-order valence-corrected chi connectivity index (χ3v) is 4.88. The molecule has 0 aliphatic heterocycles. The van der Waals surface area contributed by atoms with Gasteiger partial charge in [0.1, 0.15) is 5.82 Å². The third kappa shape index (κ3) is 5.05. The summed E-state index contributed by atoms with van der Waals surface area (Å²) < 4.78 is 45.5. The van der Waals surface area contributed by atoms with E-state index in [4.69, 9.17) is 4.42 Å². The molecule has 4 aromatic rings. The number of pyridine rings is 1. The summed E-state index contributed by atoms with van der Waals surface area (Å²) in [5, 5.41) is 0. The quantitative estimate of drug-likeness (QED) is 0.415. The fourth-order valence-electron chi connectivity index (χ4n) is 3.27. The molecular formula is C23H19F3N4O2. The van der Waals surface area contributed by atoms with Gasteiger partial charge in [-0.3, -0.25) is 9.78 Å². The van der Waals surface area contributed by atoms with Crippen LogP contribution in [0, 0.1) is 0 Å². The van der Waals surface area contributed by atoms with Crippen LogP contribution in [0.25, 0.3) is 0 Å². The first-order chi connectivity index (χ1) is 15.4. The lowest BCUT2D eigenvalue weighted by molar-refractivity contribution is -0.137. The minimum absolute atomic E-state index is 0.183.